The Morgan fingerprint density at radius 3 is 1.23 bits per heavy atom. The highest BCUT2D eigenvalue weighted by Crippen LogP contribution is 2.51. The number of imide groups is 2. The number of amides is 4. The van der Waals surface area contributed by atoms with Crippen LogP contribution in [0.4, 0.5) is 0 Å². The van der Waals surface area contributed by atoms with E-state index in [1.54, 1.807) is 12.2 Å². The molecule has 8 unspecified atom stereocenters. The van der Waals surface area contributed by atoms with E-state index in [2.05, 4.69) is 13.2 Å². The molecule has 0 N–H and O–H groups in total. The largest absolute Gasteiger partial charge is 0.282 e. The van der Waals surface area contributed by atoms with Gasteiger partial charge in [-0.3, -0.25) is 29.0 Å². The van der Waals surface area contributed by atoms with Gasteiger partial charge in [0.05, 0.1) is 23.7 Å². The fourth-order valence-electron chi connectivity index (χ4n) is 6.36. The van der Waals surface area contributed by atoms with Crippen LogP contribution in [-0.4, -0.2) is 46.5 Å². The molecule has 2 saturated heterocycles. The predicted molar refractivity (Wildman–Crippen MR) is 111 cm³/mol. The molecule has 2 aliphatic heterocycles. The molecule has 30 heavy (non-hydrogen) atoms. The molecule has 6 nitrogen and oxygen atoms in total. The van der Waals surface area contributed by atoms with E-state index in [9.17, 15) is 19.2 Å². The molecule has 2 heterocycles. The van der Waals surface area contributed by atoms with Gasteiger partial charge in [0.25, 0.3) is 0 Å². The van der Waals surface area contributed by atoms with E-state index in [0.29, 0.717) is 25.9 Å². The first-order valence-electron chi connectivity index (χ1n) is 11.0. The number of carbonyl (C=O) groups excluding carboxylic acids is 4. The van der Waals surface area contributed by atoms with Crippen LogP contribution in [0.25, 0.3) is 0 Å². The monoisotopic (exact) mass is 410 g/mol. The Hall–Kier alpha value is -2.50. The molecule has 0 aromatic rings. The van der Waals surface area contributed by atoms with Crippen molar-refractivity contribution in [1.82, 2.24) is 9.80 Å². The lowest BCUT2D eigenvalue weighted by molar-refractivity contribution is -0.142. The van der Waals surface area contributed by atoms with Crippen LogP contribution in [-0.2, 0) is 19.2 Å². The Kier molecular flexibility index (Phi) is 5.28. The molecule has 6 heteroatoms. The Balaban J connectivity index is 1.59. The molecule has 4 amide bonds. The van der Waals surface area contributed by atoms with E-state index in [0.717, 1.165) is 0 Å². The van der Waals surface area contributed by atoms with Crippen molar-refractivity contribution in [3.8, 4) is 0 Å². The Bertz CT molecular complexity index is 778. The second-order valence-electron chi connectivity index (χ2n) is 8.93. The van der Waals surface area contributed by atoms with Gasteiger partial charge in [0.2, 0.25) is 23.6 Å². The van der Waals surface area contributed by atoms with Crippen LogP contribution < -0.4 is 0 Å². The topological polar surface area (TPSA) is 74.8 Å². The van der Waals surface area contributed by atoms with E-state index in [1.807, 2.05) is 26.0 Å². The SMILES string of the molecule is C=CC1CC(/C=C\C2CC(C=C)C3C(=O)N(CC)C(=O)C23)C2C(=O)N(CC)C(=O)C12. The van der Waals surface area contributed by atoms with Gasteiger partial charge in [-0.25, -0.2) is 0 Å². The zero-order chi connectivity index (χ0) is 21.7. The van der Waals surface area contributed by atoms with Crippen molar-refractivity contribution in [1.29, 1.82) is 0 Å². The van der Waals surface area contributed by atoms with Gasteiger partial charge in [0, 0.05) is 13.1 Å². The molecule has 0 spiro atoms. The molecule has 4 fully saturated rings. The number of hydrogen-bond donors (Lipinski definition) is 0. The highest BCUT2D eigenvalue weighted by molar-refractivity contribution is 6.06. The summed E-state index contributed by atoms with van der Waals surface area (Å²) in [5, 5.41) is 0. The standard InChI is InChI=1S/C24H30N2O4/c1-5-13-11-15(19-17(13)21(27)25(7-3)23(19)29)9-10-16-12-14(6-2)18-20(16)24(30)26(8-4)22(18)28/h5-6,9-10,13-20H,1-2,7-8,11-12H2,3-4H3/b10-9-. The van der Waals surface area contributed by atoms with Gasteiger partial charge in [-0.05, 0) is 50.4 Å². The molecule has 4 aliphatic rings. The second-order valence-corrected chi connectivity index (χ2v) is 8.93. The molecule has 4 rings (SSSR count). The summed E-state index contributed by atoms with van der Waals surface area (Å²) in [6.45, 7) is 12.2. The maximum Gasteiger partial charge on any atom is 0.233 e. The van der Waals surface area contributed by atoms with Gasteiger partial charge in [0.15, 0.2) is 0 Å². The summed E-state index contributed by atoms with van der Waals surface area (Å²) in [5.74, 6) is -1.85. The molecule has 0 aromatic heterocycles. The number of carbonyl (C=O) groups is 4. The van der Waals surface area contributed by atoms with E-state index in [1.165, 1.54) is 9.80 Å². The van der Waals surface area contributed by atoms with Crippen molar-refractivity contribution in [2.24, 2.45) is 47.3 Å². The summed E-state index contributed by atoms with van der Waals surface area (Å²) < 4.78 is 0. The summed E-state index contributed by atoms with van der Waals surface area (Å²) in [4.78, 5) is 53.9. The van der Waals surface area contributed by atoms with Gasteiger partial charge >= 0.3 is 0 Å². The second kappa shape index (κ2) is 7.64. The first-order valence-corrected chi connectivity index (χ1v) is 11.0. The van der Waals surface area contributed by atoms with E-state index >= 15 is 0 Å². The first kappa shape index (κ1) is 20.8. The van der Waals surface area contributed by atoms with Gasteiger partial charge < -0.3 is 0 Å². The minimum Gasteiger partial charge on any atom is -0.282 e. The first-order chi connectivity index (χ1) is 14.4. The zero-order valence-electron chi connectivity index (χ0n) is 17.7. The highest BCUT2D eigenvalue weighted by Gasteiger charge is 2.58. The third-order valence-electron chi connectivity index (χ3n) is 7.76. The average molecular weight is 411 g/mol. The van der Waals surface area contributed by atoms with Crippen LogP contribution in [0.15, 0.2) is 37.5 Å². The van der Waals surface area contributed by atoms with Crippen molar-refractivity contribution in [3.05, 3.63) is 37.5 Å². The smallest absolute Gasteiger partial charge is 0.233 e. The number of fused-ring (bicyclic) bond motifs is 2. The van der Waals surface area contributed by atoms with E-state index in [4.69, 9.17) is 0 Å². The van der Waals surface area contributed by atoms with Gasteiger partial charge in [-0.2, -0.15) is 0 Å². The predicted octanol–water partition coefficient (Wildman–Crippen LogP) is 2.43. The lowest BCUT2D eigenvalue weighted by atomic mass is 9.86. The van der Waals surface area contributed by atoms with Crippen LogP contribution in [0.5, 0.6) is 0 Å². The number of hydrogen-bond acceptors (Lipinski definition) is 4. The van der Waals surface area contributed by atoms with Gasteiger partial charge in [-0.1, -0.05) is 24.3 Å². The lowest BCUT2D eigenvalue weighted by Crippen LogP contribution is -2.33. The summed E-state index contributed by atoms with van der Waals surface area (Å²) in [6, 6.07) is 0. The van der Waals surface area contributed by atoms with E-state index in [-0.39, 0.29) is 71.0 Å². The molecule has 0 bridgehead atoms. The molecule has 0 aromatic carbocycles. The molecule has 8 atom stereocenters. The molecule has 2 aliphatic carbocycles. The molecule has 2 saturated carbocycles. The van der Waals surface area contributed by atoms with Gasteiger partial charge in [-0.15, -0.1) is 13.2 Å². The molecule has 0 radical (unpaired) electrons. The molecular formula is C24H30N2O4. The Labute approximate surface area is 177 Å². The summed E-state index contributed by atoms with van der Waals surface area (Å²) in [6.07, 6.45) is 9.09. The maximum atomic E-state index is 12.9. The number of likely N-dealkylation sites (tertiary alicyclic amines) is 2. The lowest BCUT2D eigenvalue weighted by Gasteiger charge is -2.18. The number of allylic oxidation sites excluding steroid dienone is 4. The zero-order valence-corrected chi connectivity index (χ0v) is 17.7. The van der Waals surface area contributed by atoms with Crippen LogP contribution in [0, 0.1) is 47.3 Å². The summed E-state index contributed by atoms with van der Waals surface area (Å²) in [7, 11) is 0. The van der Waals surface area contributed by atoms with Crippen molar-refractivity contribution >= 4 is 23.6 Å². The normalized spacial score (nSPS) is 40.6. The summed E-state index contributed by atoms with van der Waals surface area (Å²) >= 11 is 0. The fourth-order valence-corrected chi connectivity index (χ4v) is 6.36. The molecule has 160 valence electrons. The van der Waals surface area contributed by atoms with Crippen LogP contribution in [0.3, 0.4) is 0 Å². The average Bonchev–Trinajstić information content (AvgIpc) is 3.42. The van der Waals surface area contributed by atoms with Crippen molar-refractivity contribution in [3.63, 3.8) is 0 Å². The van der Waals surface area contributed by atoms with Crippen LogP contribution >= 0.6 is 0 Å². The summed E-state index contributed by atoms with van der Waals surface area (Å²) in [5.41, 5.74) is 0. The maximum absolute atomic E-state index is 12.9. The minimum atomic E-state index is -0.350. The fraction of sp³-hybridized carbons (Fsp3) is 0.583. The van der Waals surface area contributed by atoms with Crippen LogP contribution in [0.2, 0.25) is 0 Å². The number of rotatable bonds is 6. The quantitative estimate of drug-likeness (QED) is 0.498. The van der Waals surface area contributed by atoms with Crippen LogP contribution in [0.1, 0.15) is 26.7 Å². The van der Waals surface area contributed by atoms with Crippen molar-refractivity contribution in [2.45, 2.75) is 26.7 Å². The highest BCUT2D eigenvalue weighted by atomic mass is 16.2. The van der Waals surface area contributed by atoms with Crippen molar-refractivity contribution in [2.75, 3.05) is 13.1 Å². The third-order valence-corrected chi connectivity index (χ3v) is 7.76. The van der Waals surface area contributed by atoms with Crippen molar-refractivity contribution < 1.29 is 19.2 Å². The van der Waals surface area contributed by atoms with E-state index < -0.39 is 0 Å². The minimum absolute atomic E-state index is 0.0137. The number of nitrogens with zero attached hydrogens (tertiary/aromatic N) is 2. The van der Waals surface area contributed by atoms with Gasteiger partial charge in [0.1, 0.15) is 0 Å². The Morgan fingerprint density at radius 2 is 0.967 bits per heavy atom. The third kappa shape index (κ3) is 2.76. The molecular weight excluding hydrogens is 380 g/mol. The Morgan fingerprint density at radius 1 is 0.667 bits per heavy atom.